The smallest absolute Gasteiger partial charge is 0.161 e. The highest BCUT2D eigenvalue weighted by molar-refractivity contribution is 5.89. The molecule has 0 bridgehead atoms. The fraction of sp³-hybridized carbons (Fsp3) is 0.943. The van der Waals surface area contributed by atoms with Crippen molar-refractivity contribution < 1.29 is 24.1 Å². The summed E-state index contributed by atoms with van der Waals surface area (Å²) in [5, 5.41) is 12.0. The molecule has 13 atom stereocenters. The lowest BCUT2D eigenvalue weighted by molar-refractivity contribution is -0.280. The second kappa shape index (κ2) is 14.3. The zero-order valence-electron chi connectivity index (χ0n) is 29.0. The highest BCUT2D eigenvalue weighted by atomic mass is 16.7. The third kappa shape index (κ3) is 8.02. The molecule has 0 aromatic heterocycles. The molecule has 1 N–H and O–H groups in total. The maximum atomic E-state index is 14.0. The number of Topliss-reactive ketones (excluding diaryl/α,β-unsaturated/α-hetero) is 1. The average molecular weight is 580 g/mol. The molecule has 2 fully saturated rings. The Morgan fingerprint density at radius 1 is 0.951 bits per heavy atom. The van der Waals surface area contributed by atoms with Crippen molar-refractivity contribution in [1.29, 1.82) is 0 Å². The summed E-state index contributed by atoms with van der Waals surface area (Å²) < 4.78 is 19.2. The van der Waals surface area contributed by atoms with E-state index < -0.39 is 11.9 Å². The maximum Gasteiger partial charge on any atom is 0.161 e. The number of hydrogen-bond acceptors (Lipinski definition) is 6. The average Bonchev–Trinajstić information content (AvgIpc) is 2.91. The molecule has 4 unspecified atom stereocenters. The van der Waals surface area contributed by atoms with Gasteiger partial charge in [0.2, 0.25) is 0 Å². The van der Waals surface area contributed by atoms with Crippen LogP contribution in [0.2, 0.25) is 0 Å². The molecule has 0 radical (unpaired) electrons. The van der Waals surface area contributed by atoms with Crippen molar-refractivity contribution in [2.24, 2.45) is 51.8 Å². The van der Waals surface area contributed by atoms with Gasteiger partial charge in [-0.3, -0.25) is 9.79 Å². The highest BCUT2D eigenvalue weighted by Gasteiger charge is 2.47. The van der Waals surface area contributed by atoms with E-state index in [0.29, 0.717) is 18.8 Å². The van der Waals surface area contributed by atoms with E-state index in [0.717, 1.165) is 25.7 Å². The largest absolute Gasteiger partial charge is 0.390 e. The molecule has 6 heteroatoms. The number of rotatable bonds is 5. The van der Waals surface area contributed by atoms with Crippen LogP contribution in [-0.4, -0.2) is 60.5 Å². The first-order chi connectivity index (χ1) is 18.9. The van der Waals surface area contributed by atoms with Gasteiger partial charge in [0.05, 0.1) is 23.4 Å². The van der Waals surface area contributed by atoms with E-state index >= 15 is 0 Å². The van der Waals surface area contributed by atoms with Crippen LogP contribution in [-0.2, 0) is 19.0 Å². The normalized spacial score (nSPS) is 48.7. The zero-order chi connectivity index (χ0) is 31.5. The number of carbonyl (C=O) groups excluding carboxylic acids is 1. The summed E-state index contributed by atoms with van der Waals surface area (Å²) in [5.74, 6) is 0.433. The minimum Gasteiger partial charge on any atom is -0.390 e. The minimum atomic E-state index is -1.00. The number of nitrogens with zero attached hydrogens (tertiary/aromatic N) is 1. The van der Waals surface area contributed by atoms with Gasteiger partial charge in [-0.1, -0.05) is 75.2 Å². The Bertz CT molecular complexity index is 888. The predicted molar refractivity (Wildman–Crippen MR) is 169 cm³/mol. The van der Waals surface area contributed by atoms with Crippen LogP contribution in [0.3, 0.4) is 0 Å². The topological polar surface area (TPSA) is 77.4 Å². The van der Waals surface area contributed by atoms with E-state index in [-0.39, 0.29) is 64.5 Å². The van der Waals surface area contributed by atoms with Gasteiger partial charge in [-0.05, 0) is 68.6 Å². The fourth-order valence-electron chi connectivity index (χ4n) is 8.18. The third-order valence-corrected chi connectivity index (χ3v) is 12.1. The number of carbonyl (C=O) groups is 1. The van der Waals surface area contributed by atoms with E-state index in [9.17, 15) is 9.90 Å². The minimum absolute atomic E-state index is 0.0184. The van der Waals surface area contributed by atoms with E-state index in [2.05, 4.69) is 69.2 Å². The van der Waals surface area contributed by atoms with Gasteiger partial charge in [-0.15, -0.1) is 0 Å². The Morgan fingerprint density at radius 3 is 2.07 bits per heavy atom. The van der Waals surface area contributed by atoms with Crippen molar-refractivity contribution >= 4 is 11.5 Å². The Labute approximate surface area is 252 Å². The first kappa shape index (κ1) is 36.4. The summed E-state index contributed by atoms with van der Waals surface area (Å²) in [5.41, 5.74) is -0.140. The molecule has 2 rings (SSSR count). The summed E-state index contributed by atoms with van der Waals surface area (Å²) in [6.07, 6.45) is 3.93. The van der Waals surface area contributed by atoms with E-state index in [1.54, 1.807) is 7.11 Å². The number of aliphatic imine (C=N–C) groups is 1. The molecule has 6 nitrogen and oxygen atoms in total. The Morgan fingerprint density at radius 2 is 1.56 bits per heavy atom. The van der Waals surface area contributed by atoms with Crippen molar-refractivity contribution in [1.82, 2.24) is 0 Å². The molecule has 0 aromatic carbocycles. The molecule has 1 aliphatic carbocycles. The molecule has 1 saturated carbocycles. The van der Waals surface area contributed by atoms with Crippen molar-refractivity contribution in [3.63, 3.8) is 0 Å². The molecule has 240 valence electrons. The lowest BCUT2D eigenvalue weighted by Gasteiger charge is -2.47. The van der Waals surface area contributed by atoms with Gasteiger partial charge >= 0.3 is 0 Å². The predicted octanol–water partition coefficient (Wildman–Crippen LogP) is 7.75. The number of ether oxygens (including phenoxy) is 3. The van der Waals surface area contributed by atoms with Crippen LogP contribution in [0, 0.1) is 46.8 Å². The van der Waals surface area contributed by atoms with Gasteiger partial charge in [-0.25, -0.2) is 0 Å². The van der Waals surface area contributed by atoms with Gasteiger partial charge in [0, 0.05) is 44.5 Å². The molecule has 1 saturated heterocycles. The van der Waals surface area contributed by atoms with Crippen LogP contribution < -0.4 is 0 Å². The summed E-state index contributed by atoms with van der Waals surface area (Å²) in [7, 11) is 3.66. The quantitative estimate of drug-likeness (QED) is 0.360. The molecule has 1 heterocycles. The lowest BCUT2D eigenvalue weighted by atomic mass is 9.65. The van der Waals surface area contributed by atoms with E-state index in [1.165, 1.54) is 5.71 Å². The molecule has 41 heavy (non-hydrogen) atoms. The number of hydrogen-bond donors (Lipinski definition) is 1. The molecule has 0 spiro atoms. The number of methoxy groups -OCH3 is 1. The van der Waals surface area contributed by atoms with Gasteiger partial charge < -0.3 is 19.3 Å². The zero-order valence-corrected chi connectivity index (χ0v) is 29.0. The SMILES string of the molecule is CC[C@H]1CC(=O)C(C)[C@@H](O[C@H]2C[C@@](C)(OC)[C@@H](C)C(C)O2)[C@H](C)C[C@](C)(CC)C[C@@H](C)C(=NC)C(C)C(C)[C@]1(C)O. The van der Waals surface area contributed by atoms with Crippen molar-refractivity contribution in [2.75, 3.05) is 14.2 Å². The van der Waals surface area contributed by atoms with Crippen LogP contribution in [0.15, 0.2) is 4.99 Å². The van der Waals surface area contributed by atoms with Crippen LogP contribution in [0.5, 0.6) is 0 Å². The Kier molecular flexibility index (Phi) is 12.7. The van der Waals surface area contributed by atoms with E-state index in [1.807, 2.05) is 20.9 Å². The van der Waals surface area contributed by atoms with Crippen molar-refractivity contribution in [3.05, 3.63) is 0 Å². The van der Waals surface area contributed by atoms with Gasteiger partial charge in [0.15, 0.2) is 6.29 Å². The molecular weight excluding hydrogens is 514 g/mol. The molecule has 2 aliphatic rings. The monoisotopic (exact) mass is 579 g/mol. The summed E-state index contributed by atoms with van der Waals surface area (Å²) in [4.78, 5) is 18.9. The fourth-order valence-corrected chi connectivity index (χ4v) is 8.18. The molecular formula is C35H65NO5. The number of ketones is 1. The maximum absolute atomic E-state index is 14.0. The standard InChI is InChI=1S/C35H65NO5/c1-15-28-17-29(37)24(6)32(41-30-20-34(11,39-14)26(8)27(9)40-30)22(4)19-33(10,16-2)18-21(3)31(36-13)23(5)25(7)35(28,12)38/h21-28,30,32,38H,15-20H2,1-14H3/t21-,22-,23?,24?,25?,26+,27?,28+,30+,32+,33-,34-,35+/m1/s1. The Balaban J connectivity index is 2.55. The Hall–Kier alpha value is -0.820. The van der Waals surface area contributed by atoms with Crippen molar-refractivity contribution in [3.8, 4) is 0 Å². The molecule has 1 aliphatic heterocycles. The highest BCUT2D eigenvalue weighted by Crippen LogP contribution is 2.44. The van der Waals surface area contributed by atoms with Crippen molar-refractivity contribution in [2.45, 2.75) is 151 Å². The lowest BCUT2D eigenvalue weighted by Crippen LogP contribution is -2.53. The van der Waals surface area contributed by atoms with Crippen LogP contribution in [0.1, 0.15) is 122 Å². The molecule has 0 aromatic rings. The first-order valence-corrected chi connectivity index (χ1v) is 16.5. The number of aliphatic hydroxyl groups is 1. The second-order valence-corrected chi connectivity index (χ2v) is 14.8. The van der Waals surface area contributed by atoms with Gasteiger partial charge in [-0.2, -0.15) is 0 Å². The summed E-state index contributed by atoms with van der Waals surface area (Å²) in [6.45, 7) is 26.0. The first-order valence-electron chi connectivity index (χ1n) is 16.5. The summed E-state index contributed by atoms with van der Waals surface area (Å²) >= 11 is 0. The van der Waals surface area contributed by atoms with E-state index in [4.69, 9.17) is 19.2 Å². The van der Waals surface area contributed by atoms with Gasteiger partial charge in [0.1, 0.15) is 5.78 Å². The molecule has 0 amide bonds. The third-order valence-electron chi connectivity index (χ3n) is 12.1. The second-order valence-electron chi connectivity index (χ2n) is 14.8. The van der Waals surface area contributed by atoms with Crippen LogP contribution in [0.4, 0.5) is 0 Å². The summed E-state index contributed by atoms with van der Waals surface area (Å²) in [6, 6.07) is 0. The van der Waals surface area contributed by atoms with Crippen LogP contribution >= 0.6 is 0 Å². The van der Waals surface area contributed by atoms with Crippen LogP contribution in [0.25, 0.3) is 0 Å². The van der Waals surface area contributed by atoms with Gasteiger partial charge in [0.25, 0.3) is 0 Å².